The lowest BCUT2D eigenvalue weighted by Gasteiger charge is -2.25. The van der Waals surface area contributed by atoms with Gasteiger partial charge in [0.25, 0.3) is 5.91 Å². The average Bonchev–Trinajstić information content (AvgIpc) is 2.86. The van der Waals surface area contributed by atoms with E-state index in [1.165, 1.54) is 40.9 Å². The SMILES string of the molecule is CCCCNC(=O)c1ccc2c(c1)N(Cc1ccc(OC(F)(F)F)cc1)C(=O)[C@@H](N)CS2.Cl. The van der Waals surface area contributed by atoms with Crippen LogP contribution in [0.25, 0.3) is 0 Å². The number of amides is 2. The van der Waals surface area contributed by atoms with Crippen LogP contribution in [-0.4, -0.2) is 36.5 Å². The number of alkyl halides is 3. The van der Waals surface area contributed by atoms with Crippen LogP contribution in [0.3, 0.4) is 0 Å². The molecule has 0 spiro atoms. The summed E-state index contributed by atoms with van der Waals surface area (Å²) in [5.41, 5.74) is 7.60. The number of carbonyl (C=O) groups excluding carboxylic acids is 2. The predicted molar refractivity (Wildman–Crippen MR) is 124 cm³/mol. The Balaban J connectivity index is 0.00000385. The molecule has 0 saturated carbocycles. The third-order valence-electron chi connectivity index (χ3n) is 4.83. The third kappa shape index (κ3) is 7.28. The van der Waals surface area contributed by atoms with Crippen molar-refractivity contribution in [3.8, 4) is 5.75 Å². The summed E-state index contributed by atoms with van der Waals surface area (Å²) in [6.45, 7) is 2.68. The maximum absolute atomic E-state index is 13.0. The van der Waals surface area contributed by atoms with E-state index in [1.54, 1.807) is 18.2 Å². The molecule has 0 radical (unpaired) electrons. The lowest BCUT2D eigenvalue weighted by Crippen LogP contribution is -2.44. The molecule has 1 aliphatic rings. The van der Waals surface area contributed by atoms with Gasteiger partial charge in [0.05, 0.1) is 18.3 Å². The summed E-state index contributed by atoms with van der Waals surface area (Å²) in [6.07, 6.45) is -2.96. The van der Waals surface area contributed by atoms with Gasteiger partial charge in [-0.3, -0.25) is 9.59 Å². The first-order valence-electron chi connectivity index (χ1n) is 10.1. The lowest BCUT2D eigenvalue weighted by atomic mass is 10.1. The number of thioether (sulfide) groups is 1. The quantitative estimate of drug-likeness (QED) is 0.543. The second-order valence-corrected chi connectivity index (χ2v) is 8.39. The highest BCUT2D eigenvalue weighted by Gasteiger charge is 2.31. The zero-order valence-electron chi connectivity index (χ0n) is 17.9. The molecule has 0 bridgehead atoms. The Morgan fingerprint density at radius 2 is 1.94 bits per heavy atom. The fourth-order valence-corrected chi connectivity index (χ4v) is 4.17. The molecule has 3 rings (SSSR count). The first-order valence-corrected chi connectivity index (χ1v) is 11.1. The van der Waals surface area contributed by atoms with Crippen LogP contribution in [0.1, 0.15) is 35.7 Å². The monoisotopic (exact) mass is 503 g/mol. The van der Waals surface area contributed by atoms with E-state index in [1.807, 2.05) is 6.92 Å². The van der Waals surface area contributed by atoms with Gasteiger partial charge in [-0.05, 0) is 42.3 Å². The molecular formula is C22H25ClF3N3O3S. The third-order valence-corrected chi connectivity index (χ3v) is 6.01. The number of hydrogen-bond donors (Lipinski definition) is 2. The van der Waals surface area contributed by atoms with Gasteiger partial charge in [0.15, 0.2) is 0 Å². The summed E-state index contributed by atoms with van der Waals surface area (Å²) in [5.74, 6) is -0.527. The number of nitrogens with one attached hydrogen (secondary N) is 1. The molecule has 1 atom stereocenters. The zero-order chi connectivity index (χ0) is 23.3. The zero-order valence-corrected chi connectivity index (χ0v) is 19.5. The van der Waals surface area contributed by atoms with Gasteiger partial charge in [-0.2, -0.15) is 0 Å². The van der Waals surface area contributed by atoms with E-state index in [0.717, 1.165) is 17.7 Å². The van der Waals surface area contributed by atoms with Gasteiger partial charge >= 0.3 is 6.36 Å². The van der Waals surface area contributed by atoms with Crippen LogP contribution in [0.15, 0.2) is 47.4 Å². The summed E-state index contributed by atoms with van der Waals surface area (Å²) in [4.78, 5) is 27.7. The molecule has 3 N–H and O–H groups in total. The number of nitrogens with zero attached hydrogens (tertiary/aromatic N) is 1. The number of halogens is 4. The predicted octanol–water partition coefficient (Wildman–Crippen LogP) is 4.50. The fraction of sp³-hybridized carbons (Fsp3) is 0.364. The maximum Gasteiger partial charge on any atom is 0.573 e. The molecule has 6 nitrogen and oxygen atoms in total. The molecular weight excluding hydrogens is 479 g/mol. The largest absolute Gasteiger partial charge is 0.573 e. The van der Waals surface area contributed by atoms with Crippen LogP contribution >= 0.6 is 24.2 Å². The fourth-order valence-electron chi connectivity index (χ4n) is 3.18. The van der Waals surface area contributed by atoms with Crippen LogP contribution in [0.2, 0.25) is 0 Å². The first-order chi connectivity index (χ1) is 15.2. The van der Waals surface area contributed by atoms with Crippen molar-refractivity contribution >= 4 is 41.7 Å². The van der Waals surface area contributed by atoms with Crippen LogP contribution in [-0.2, 0) is 11.3 Å². The van der Waals surface area contributed by atoms with E-state index >= 15 is 0 Å². The topological polar surface area (TPSA) is 84.7 Å². The number of anilines is 1. The van der Waals surface area contributed by atoms with Crippen molar-refractivity contribution in [1.82, 2.24) is 5.32 Å². The van der Waals surface area contributed by atoms with Gasteiger partial charge in [-0.1, -0.05) is 25.5 Å². The molecule has 1 heterocycles. The molecule has 2 amide bonds. The standard InChI is InChI=1S/C22H24F3N3O3S.ClH/c1-2-3-10-27-20(29)15-6-9-19-18(11-15)28(21(30)17(26)13-32-19)12-14-4-7-16(8-5-14)31-22(23,24)25;/h4-9,11,17H,2-3,10,12-13,26H2,1H3,(H,27,29);1H/t17-;/m0./s1. The second kappa shape index (κ2) is 11.6. The summed E-state index contributed by atoms with van der Waals surface area (Å²) in [6, 6.07) is 9.69. The summed E-state index contributed by atoms with van der Waals surface area (Å²) < 4.78 is 41.1. The Bertz CT molecular complexity index is 974. The number of unbranched alkanes of at least 4 members (excludes halogenated alkanes) is 1. The van der Waals surface area contributed by atoms with Crippen molar-refractivity contribution in [3.05, 3.63) is 53.6 Å². The van der Waals surface area contributed by atoms with Gasteiger partial charge in [-0.25, -0.2) is 0 Å². The molecule has 2 aromatic rings. The summed E-state index contributed by atoms with van der Waals surface area (Å²) in [5, 5.41) is 2.85. The van der Waals surface area contributed by atoms with E-state index in [2.05, 4.69) is 10.1 Å². The Labute approximate surface area is 200 Å². The van der Waals surface area contributed by atoms with E-state index in [4.69, 9.17) is 5.73 Å². The average molecular weight is 504 g/mol. The normalized spacial score (nSPS) is 15.8. The Morgan fingerprint density at radius 3 is 2.58 bits per heavy atom. The number of benzene rings is 2. The van der Waals surface area contributed by atoms with Gasteiger partial charge < -0.3 is 20.7 Å². The van der Waals surface area contributed by atoms with Crippen molar-refractivity contribution in [2.45, 2.75) is 43.6 Å². The number of hydrogen-bond acceptors (Lipinski definition) is 5. The maximum atomic E-state index is 13.0. The highest BCUT2D eigenvalue weighted by Crippen LogP contribution is 2.36. The smallest absolute Gasteiger partial charge is 0.406 e. The van der Waals surface area contributed by atoms with Crippen molar-refractivity contribution in [2.24, 2.45) is 5.73 Å². The number of nitrogens with two attached hydrogens (primary N) is 1. The summed E-state index contributed by atoms with van der Waals surface area (Å²) >= 11 is 1.42. The molecule has 0 unspecified atom stereocenters. The first kappa shape index (κ1) is 26.8. The molecule has 2 aromatic carbocycles. The highest BCUT2D eigenvalue weighted by atomic mass is 35.5. The van der Waals surface area contributed by atoms with Crippen LogP contribution in [0.5, 0.6) is 5.75 Å². The Hall–Kier alpha value is -2.43. The minimum absolute atomic E-state index is 0. The van der Waals surface area contributed by atoms with Crippen molar-refractivity contribution in [2.75, 3.05) is 17.2 Å². The second-order valence-electron chi connectivity index (χ2n) is 7.33. The van der Waals surface area contributed by atoms with Crippen LogP contribution in [0.4, 0.5) is 18.9 Å². The Morgan fingerprint density at radius 1 is 1.24 bits per heavy atom. The molecule has 11 heteroatoms. The van der Waals surface area contributed by atoms with Crippen molar-refractivity contribution in [3.63, 3.8) is 0 Å². The highest BCUT2D eigenvalue weighted by molar-refractivity contribution is 7.99. The van der Waals surface area contributed by atoms with E-state index in [-0.39, 0.29) is 36.5 Å². The molecule has 0 aliphatic carbocycles. The van der Waals surface area contributed by atoms with E-state index in [9.17, 15) is 22.8 Å². The molecule has 33 heavy (non-hydrogen) atoms. The van der Waals surface area contributed by atoms with Crippen molar-refractivity contribution in [1.29, 1.82) is 0 Å². The summed E-state index contributed by atoms with van der Waals surface area (Å²) in [7, 11) is 0. The molecule has 0 aromatic heterocycles. The number of ether oxygens (including phenoxy) is 1. The van der Waals surface area contributed by atoms with Crippen LogP contribution < -0.4 is 20.7 Å². The lowest BCUT2D eigenvalue weighted by molar-refractivity contribution is -0.274. The molecule has 1 aliphatic heterocycles. The minimum atomic E-state index is -4.78. The molecule has 180 valence electrons. The minimum Gasteiger partial charge on any atom is -0.406 e. The van der Waals surface area contributed by atoms with Gasteiger partial charge in [0, 0.05) is 22.8 Å². The van der Waals surface area contributed by atoms with E-state index < -0.39 is 12.4 Å². The number of fused-ring (bicyclic) bond motifs is 1. The van der Waals surface area contributed by atoms with Gasteiger partial charge in [-0.15, -0.1) is 37.3 Å². The molecule has 0 saturated heterocycles. The van der Waals surface area contributed by atoms with Gasteiger partial charge in [0.1, 0.15) is 5.75 Å². The van der Waals surface area contributed by atoms with Gasteiger partial charge in [0.2, 0.25) is 5.91 Å². The molecule has 0 fully saturated rings. The van der Waals surface area contributed by atoms with Crippen LogP contribution in [0, 0.1) is 0 Å². The van der Waals surface area contributed by atoms with E-state index in [0.29, 0.717) is 29.1 Å². The Kier molecular flexibility index (Phi) is 9.45. The van der Waals surface area contributed by atoms with Crippen molar-refractivity contribution < 1.29 is 27.5 Å². The number of carbonyl (C=O) groups is 2. The number of rotatable bonds is 7.